The monoisotopic (exact) mass is 246 g/mol. The molecule has 0 bridgehead atoms. The molecule has 0 aliphatic rings. The fourth-order valence-corrected chi connectivity index (χ4v) is 2.25. The molecule has 2 aromatic heterocycles. The van der Waals surface area contributed by atoms with Crippen molar-refractivity contribution >= 4 is 21.7 Å². The van der Waals surface area contributed by atoms with E-state index in [1.165, 1.54) is 0 Å². The molecule has 3 nitrogen and oxygen atoms in total. The predicted molar refractivity (Wildman–Crippen MR) is 74.7 cm³/mol. The van der Waals surface area contributed by atoms with Crippen molar-refractivity contribution in [3.8, 4) is 11.6 Å². The van der Waals surface area contributed by atoms with Crippen molar-refractivity contribution in [1.82, 2.24) is 9.97 Å². The number of hydrogen-bond donors (Lipinski definition) is 0. The van der Waals surface area contributed by atoms with Gasteiger partial charge >= 0.3 is 0 Å². The molecule has 2 heterocycles. The molecule has 0 aliphatic heterocycles. The Morgan fingerprint density at radius 3 is 2.58 bits per heavy atom. The van der Waals surface area contributed by atoms with E-state index in [-0.39, 0.29) is 0 Å². The van der Waals surface area contributed by atoms with Crippen LogP contribution in [-0.2, 0) is 0 Å². The number of benzene rings is 2. The summed E-state index contributed by atoms with van der Waals surface area (Å²) in [5.41, 5.74) is 0.924. The Hall–Kier alpha value is -2.68. The van der Waals surface area contributed by atoms with E-state index in [0.717, 1.165) is 27.4 Å². The second-order valence-electron chi connectivity index (χ2n) is 4.40. The molecular weight excluding hydrogens is 236 g/mol. The molecule has 4 aromatic rings. The van der Waals surface area contributed by atoms with Gasteiger partial charge in [0.15, 0.2) is 11.6 Å². The fourth-order valence-electron chi connectivity index (χ4n) is 2.25. The molecule has 0 saturated carbocycles. The number of hydrogen-bond acceptors (Lipinski definition) is 3. The maximum atomic E-state index is 5.63. The molecule has 0 amide bonds. The molecule has 0 N–H and O–H groups in total. The van der Waals surface area contributed by atoms with Gasteiger partial charge in [0.2, 0.25) is 0 Å². The number of rotatable bonds is 1. The van der Waals surface area contributed by atoms with Crippen LogP contribution in [0.2, 0.25) is 0 Å². The van der Waals surface area contributed by atoms with Crippen molar-refractivity contribution in [2.45, 2.75) is 0 Å². The lowest BCUT2D eigenvalue weighted by Gasteiger charge is -1.99. The van der Waals surface area contributed by atoms with Crippen LogP contribution in [-0.4, -0.2) is 9.97 Å². The van der Waals surface area contributed by atoms with E-state index >= 15 is 0 Å². The second-order valence-corrected chi connectivity index (χ2v) is 4.40. The average Bonchev–Trinajstić information content (AvgIpc) is 2.91. The highest BCUT2D eigenvalue weighted by molar-refractivity contribution is 5.93. The van der Waals surface area contributed by atoms with Crippen LogP contribution in [0, 0.1) is 0 Å². The quantitative estimate of drug-likeness (QED) is 0.508. The highest BCUT2D eigenvalue weighted by atomic mass is 16.3. The first-order valence-electron chi connectivity index (χ1n) is 6.10. The van der Waals surface area contributed by atoms with Gasteiger partial charge in [0, 0.05) is 22.4 Å². The van der Waals surface area contributed by atoms with Crippen LogP contribution in [0.1, 0.15) is 0 Å². The van der Waals surface area contributed by atoms with E-state index in [2.05, 4.69) is 9.97 Å². The number of nitrogens with zero attached hydrogens (tertiary/aromatic N) is 2. The lowest BCUT2D eigenvalue weighted by molar-refractivity contribution is 0.582. The summed E-state index contributed by atoms with van der Waals surface area (Å²) in [6.07, 6.45) is 3.57. The smallest absolute Gasteiger partial charge is 0.196 e. The van der Waals surface area contributed by atoms with Crippen LogP contribution < -0.4 is 0 Å². The number of para-hydroxylation sites is 1. The molecule has 90 valence electrons. The second kappa shape index (κ2) is 3.92. The topological polar surface area (TPSA) is 38.9 Å². The molecule has 0 spiro atoms. The molecule has 0 fully saturated rings. The third-order valence-corrected chi connectivity index (χ3v) is 3.20. The molecule has 0 atom stereocenters. The predicted octanol–water partition coefficient (Wildman–Crippen LogP) is 4.04. The van der Waals surface area contributed by atoms with Crippen LogP contribution in [0.3, 0.4) is 0 Å². The first kappa shape index (κ1) is 10.3. The zero-order chi connectivity index (χ0) is 12.7. The maximum Gasteiger partial charge on any atom is 0.196 e. The zero-order valence-corrected chi connectivity index (χ0v) is 10.1. The highest BCUT2D eigenvalue weighted by Gasteiger charge is 2.11. The van der Waals surface area contributed by atoms with Crippen LogP contribution in [0.5, 0.6) is 0 Å². The van der Waals surface area contributed by atoms with Crippen LogP contribution in [0.4, 0.5) is 0 Å². The average molecular weight is 246 g/mol. The largest absolute Gasteiger partial charge is 0.460 e. The van der Waals surface area contributed by atoms with Gasteiger partial charge in [0.05, 0.1) is 11.8 Å². The number of furan rings is 1. The van der Waals surface area contributed by atoms with Crippen LogP contribution >= 0.6 is 0 Å². The van der Waals surface area contributed by atoms with Crippen LogP contribution in [0.15, 0.2) is 65.4 Å². The summed E-state index contributed by atoms with van der Waals surface area (Å²) in [6, 6.07) is 15.9. The normalized spacial score (nSPS) is 11.2. The van der Waals surface area contributed by atoms with Gasteiger partial charge in [-0.2, -0.15) is 0 Å². The van der Waals surface area contributed by atoms with Crippen LogP contribution in [0.25, 0.3) is 33.3 Å². The van der Waals surface area contributed by atoms with E-state index in [1.54, 1.807) is 6.26 Å². The SMILES string of the molecule is c1ccc2nc(-c3occ4ccccc34)ncc2c1. The van der Waals surface area contributed by atoms with Crippen molar-refractivity contribution in [2.75, 3.05) is 0 Å². The van der Waals surface area contributed by atoms with Gasteiger partial charge in [-0.1, -0.05) is 42.5 Å². The van der Waals surface area contributed by atoms with E-state index < -0.39 is 0 Å². The van der Waals surface area contributed by atoms with E-state index in [1.807, 2.05) is 54.7 Å². The maximum absolute atomic E-state index is 5.63. The van der Waals surface area contributed by atoms with Gasteiger partial charge in [-0.3, -0.25) is 0 Å². The minimum atomic E-state index is 0.625. The van der Waals surface area contributed by atoms with Crippen molar-refractivity contribution in [3.05, 3.63) is 61.0 Å². The summed E-state index contributed by atoms with van der Waals surface area (Å²) in [6.45, 7) is 0. The van der Waals surface area contributed by atoms with Crippen molar-refractivity contribution < 1.29 is 4.42 Å². The Morgan fingerprint density at radius 2 is 1.63 bits per heavy atom. The lowest BCUT2D eigenvalue weighted by Crippen LogP contribution is -1.88. The molecular formula is C16H10N2O. The van der Waals surface area contributed by atoms with Crippen molar-refractivity contribution in [3.63, 3.8) is 0 Å². The van der Waals surface area contributed by atoms with Gasteiger partial charge in [-0.05, 0) is 6.07 Å². The fraction of sp³-hybridized carbons (Fsp3) is 0. The molecule has 0 unspecified atom stereocenters. The van der Waals surface area contributed by atoms with Gasteiger partial charge < -0.3 is 4.42 Å². The minimum Gasteiger partial charge on any atom is -0.460 e. The first-order chi connectivity index (χ1) is 9.42. The summed E-state index contributed by atoms with van der Waals surface area (Å²) in [7, 11) is 0. The molecule has 0 saturated heterocycles. The number of fused-ring (bicyclic) bond motifs is 2. The summed E-state index contributed by atoms with van der Waals surface area (Å²) >= 11 is 0. The van der Waals surface area contributed by atoms with E-state index in [9.17, 15) is 0 Å². The third-order valence-electron chi connectivity index (χ3n) is 3.20. The Bertz CT molecular complexity index is 880. The first-order valence-corrected chi connectivity index (χ1v) is 6.10. The molecule has 0 radical (unpaired) electrons. The number of aromatic nitrogens is 2. The summed E-state index contributed by atoms with van der Waals surface area (Å²) in [5.74, 6) is 1.35. The standard InChI is InChI=1S/C16H10N2O/c1-3-7-13-12(6-1)10-19-15(13)16-17-9-11-5-2-4-8-14(11)18-16/h1-10H. The Kier molecular flexibility index (Phi) is 2.12. The molecule has 3 heteroatoms. The molecule has 0 aliphatic carbocycles. The third kappa shape index (κ3) is 1.59. The van der Waals surface area contributed by atoms with Gasteiger partial charge in [0.1, 0.15) is 0 Å². The van der Waals surface area contributed by atoms with Crippen molar-refractivity contribution in [1.29, 1.82) is 0 Å². The Morgan fingerprint density at radius 1 is 0.842 bits per heavy atom. The summed E-state index contributed by atoms with van der Waals surface area (Å²) < 4.78 is 5.63. The lowest BCUT2D eigenvalue weighted by atomic mass is 10.2. The summed E-state index contributed by atoms with van der Waals surface area (Å²) in [4.78, 5) is 8.96. The Balaban J connectivity index is 1.99. The van der Waals surface area contributed by atoms with Gasteiger partial charge in [0.25, 0.3) is 0 Å². The van der Waals surface area contributed by atoms with E-state index in [0.29, 0.717) is 5.82 Å². The van der Waals surface area contributed by atoms with Gasteiger partial charge in [-0.25, -0.2) is 9.97 Å². The summed E-state index contributed by atoms with van der Waals surface area (Å²) in [5, 5.41) is 3.13. The Labute approximate surface area is 109 Å². The molecule has 19 heavy (non-hydrogen) atoms. The van der Waals surface area contributed by atoms with E-state index in [4.69, 9.17) is 4.42 Å². The van der Waals surface area contributed by atoms with Gasteiger partial charge in [-0.15, -0.1) is 0 Å². The minimum absolute atomic E-state index is 0.625. The highest BCUT2D eigenvalue weighted by Crippen LogP contribution is 2.28. The molecule has 2 aromatic carbocycles. The van der Waals surface area contributed by atoms with Crippen molar-refractivity contribution in [2.24, 2.45) is 0 Å². The zero-order valence-electron chi connectivity index (χ0n) is 10.1. The molecule has 4 rings (SSSR count).